The average Bonchev–Trinajstić information content (AvgIpc) is 2.32. The summed E-state index contributed by atoms with van der Waals surface area (Å²) in [5, 5.41) is 3.43. The van der Waals surface area contributed by atoms with Crippen molar-refractivity contribution in [1.29, 1.82) is 0 Å². The maximum Gasteiger partial charge on any atom is 0.229 e. The van der Waals surface area contributed by atoms with Gasteiger partial charge in [0.1, 0.15) is 23.4 Å². The Kier molecular flexibility index (Phi) is 5.80. The first-order valence-corrected chi connectivity index (χ1v) is 8.04. The van der Waals surface area contributed by atoms with Crippen molar-refractivity contribution < 1.29 is 18.7 Å². The lowest BCUT2D eigenvalue weighted by atomic mass is 9.88. The van der Waals surface area contributed by atoms with Gasteiger partial charge in [-0.15, -0.1) is 0 Å². The summed E-state index contributed by atoms with van der Waals surface area (Å²) in [6.45, 7) is 4.14. The molecule has 1 fully saturated rings. The summed E-state index contributed by atoms with van der Waals surface area (Å²) in [5.41, 5.74) is 0. The first-order chi connectivity index (χ1) is 9.92. The minimum absolute atomic E-state index is 0.0761. The number of rotatable bonds is 7. The molecule has 1 aromatic rings. The van der Waals surface area contributed by atoms with Gasteiger partial charge in [0, 0.05) is 52.9 Å². The summed E-state index contributed by atoms with van der Waals surface area (Å²) in [6, 6.07) is 5.12. The number of nitrogens with one attached hydrogen (secondary N) is 1. The third-order valence-electron chi connectivity index (χ3n) is 3.16. The number of hydrogen-bond acceptors (Lipinski definition) is 4. The Hall–Kier alpha value is -0.890. The second-order valence-electron chi connectivity index (χ2n) is 5.50. The van der Waals surface area contributed by atoms with Crippen molar-refractivity contribution >= 4 is 26.4 Å². The molecule has 0 atom stereocenters. The standard InChI is InChI=1S/C15H19FINO3/c1-9(2)18-11-5-14(6-11)21-13-4-10(16)3-12(7-13)20-8-15(17)19/h3-4,7,9,11,14,18H,5-6,8H2,1-2H3/t11-,14+. The fraction of sp³-hybridized carbons (Fsp3) is 0.533. The molecule has 1 aliphatic carbocycles. The third-order valence-corrected chi connectivity index (χ3v) is 3.48. The van der Waals surface area contributed by atoms with Gasteiger partial charge in [-0.25, -0.2) is 4.39 Å². The van der Waals surface area contributed by atoms with E-state index in [1.165, 1.54) is 12.1 Å². The number of carbonyl (C=O) groups is 1. The Bertz CT molecular complexity index is 504. The topological polar surface area (TPSA) is 47.6 Å². The molecule has 0 heterocycles. The Labute approximate surface area is 137 Å². The van der Waals surface area contributed by atoms with Crippen LogP contribution in [-0.2, 0) is 4.79 Å². The average molecular weight is 407 g/mol. The largest absolute Gasteiger partial charge is 0.490 e. The molecule has 2 rings (SSSR count). The van der Waals surface area contributed by atoms with Crippen molar-refractivity contribution in [1.82, 2.24) is 5.32 Å². The molecule has 4 nitrogen and oxygen atoms in total. The minimum Gasteiger partial charge on any atom is -0.490 e. The van der Waals surface area contributed by atoms with Gasteiger partial charge in [-0.3, -0.25) is 4.79 Å². The summed E-state index contributed by atoms with van der Waals surface area (Å²) in [4.78, 5) is 10.9. The molecule has 0 aromatic heterocycles. The number of hydrogen-bond donors (Lipinski definition) is 1. The van der Waals surface area contributed by atoms with Gasteiger partial charge in [0.15, 0.2) is 6.61 Å². The molecule has 0 aliphatic heterocycles. The lowest BCUT2D eigenvalue weighted by molar-refractivity contribution is -0.111. The molecular formula is C15H19FINO3. The van der Waals surface area contributed by atoms with E-state index < -0.39 is 5.82 Å². The Balaban J connectivity index is 1.87. The van der Waals surface area contributed by atoms with E-state index in [4.69, 9.17) is 9.47 Å². The summed E-state index contributed by atoms with van der Waals surface area (Å²) < 4.78 is 24.3. The summed E-state index contributed by atoms with van der Waals surface area (Å²) in [6.07, 6.45) is 1.93. The highest BCUT2D eigenvalue weighted by Crippen LogP contribution is 2.29. The van der Waals surface area contributed by atoms with Crippen molar-refractivity contribution in [3.63, 3.8) is 0 Å². The second-order valence-corrected chi connectivity index (χ2v) is 6.70. The summed E-state index contributed by atoms with van der Waals surface area (Å²) in [7, 11) is 0. The SMILES string of the molecule is CC(C)N[C@H]1C[C@@H](Oc2cc(F)cc(OCC(=O)I)c2)C1. The first-order valence-electron chi connectivity index (χ1n) is 6.97. The number of carbonyl (C=O) groups excluding carboxylic acids is 1. The van der Waals surface area contributed by atoms with Gasteiger partial charge in [0.05, 0.1) is 0 Å². The molecule has 1 aromatic carbocycles. The van der Waals surface area contributed by atoms with Crippen LogP contribution in [0.4, 0.5) is 4.39 Å². The van der Waals surface area contributed by atoms with Crippen molar-refractivity contribution in [2.45, 2.75) is 44.9 Å². The van der Waals surface area contributed by atoms with Gasteiger partial charge >= 0.3 is 0 Å². The Morgan fingerprint density at radius 3 is 2.67 bits per heavy atom. The highest BCUT2D eigenvalue weighted by atomic mass is 127. The minimum atomic E-state index is -0.431. The zero-order valence-corrected chi connectivity index (χ0v) is 14.2. The van der Waals surface area contributed by atoms with E-state index in [9.17, 15) is 9.18 Å². The van der Waals surface area contributed by atoms with Gasteiger partial charge in [-0.05, 0) is 12.8 Å². The normalized spacial score (nSPS) is 21.0. The van der Waals surface area contributed by atoms with Gasteiger partial charge in [0.25, 0.3) is 0 Å². The molecule has 6 heteroatoms. The van der Waals surface area contributed by atoms with E-state index in [0.29, 0.717) is 23.6 Å². The molecule has 1 saturated carbocycles. The molecule has 1 N–H and O–H groups in total. The van der Waals surface area contributed by atoms with E-state index in [0.717, 1.165) is 12.8 Å². The number of benzene rings is 1. The zero-order chi connectivity index (χ0) is 15.4. The van der Waals surface area contributed by atoms with Gasteiger partial charge in [-0.1, -0.05) is 13.8 Å². The molecule has 1 aliphatic rings. The smallest absolute Gasteiger partial charge is 0.229 e. The van der Waals surface area contributed by atoms with E-state index in [2.05, 4.69) is 19.2 Å². The van der Waals surface area contributed by atoms with E-state index in [1.807, 2.05) is 0 Å². The highest BCUT2D eigenvalue weighted by molar-refractivity contribution is 14.1. The van der Waals surface area contributed by atoms with Crippen molar-refractivity contribution in [2.75, 3.05) is 6.61 Å². The van der Waals surface area contributed by atoms with Crippen LogP contribution in [0, 0.1) is 5.82 Å². The summed E-state index contributed by atoms with van der Waals surface area (Å²) in [5.74, 6) is 0.324. The quantitative estimate of drug-likeness (QED) is 0.558. The van der Waals surface area contributed by atoms with Crippen LogP contribution in [0.1, 0.15) is 26.7 Å². The van der Waals surface area contributed by atoms with Crippen LogP contribution in [0.15, 0.2) is 18.2 Å². The maximum absolute atomic E-state index is 13.5. The molecule has 0 bridgehead atoms. The summed E-state index contributed by atoms with van der Waals surface area (Å²) >= 11 is 1.64. The predicted molar refractivity (Wildman–Crippen MR) is 86.6 cm³/mol. The van der Waals surface area contributed by atoms with E-state index in [1.54, 1.807) is 28.7 Å². The highest BCUT2D eigenvalue weighted by Gasteiger charge is 2.31. The van der Waals surface area contributed by atoms with Crippen molar-refractivity contribution in [3.8, 4) is 11.5 Å². The molecular weight excluding hydrogens is 388 g/mol. The Morgan fingerprint density at radius 1 is 1.38 bits per heavy atom. The number of ether oxygens (including phenoxy) is 2. The van der Waals surface area contributed by atoms with E-state index >= 15 is 0 Å². The van der Waals surface area contributed by atoms with Gasteiger partial charge in [-0.2, -0.15) is 0 Å². The molecule has 0 unspecified atom stereocenters. The number of halogens is 2. The van der Waals surface area contributed by atoms with Crippen molar-refractivity contribution in [3.05, 3.63) is 24.0 Å². The lowest BCUT2D eigenvalue weighted by Gasteiger charge is -2.37. The van der Waals surface area contributed by atoms with Crippen LogP contribution < -0.4 is 14.8 Å². The van der Waals surface area contributed by atoms with E-state index in [-0.39, 0.29) is 16.5 Å². The molecule has 21 heavy (non-hydrogen) atoms. The molecule has 0 amide bonds. The monoisotopic (exact) mass is 407 g/mol. The third kappa shape index (κ3) is 5.43. The predicted octanol–water partition coefficient (Wildman–Crippen LogP) is 3.07. The molecule has 116 valence electrons. The van der Waals surface area contributed by atoms with Crippen LogP contribution in [0.3, 0.4) is 0 Å². The van der Waals surface area contributed by atoms with Crippen LogP contribution >= 0.6 is 22.6 Å². The fourth-order valence-electron chi connectivity index (χ4n) is 2.29. The molecule has 0 saturated heterocycles. The fourth-order valence-corrected chi connectivity index (χ4v) is 2.45. The van der Waals surface area contributed by atoms with Crippen LogP contribution in [-0.4, -0.2) is 28.6 Å². The van der Waals surface area contributed by atoms with Crippen molar-refractivity contribution in [2.24, 2.45) is 0 Å². The van der Waals surface area contributed by atoms with Gasteiger partial charge in [0.2, 0.25) is 3.79 Å². The van der Waals surface area contributed by atoms with Gasteiger partial charge < -0.3 is 14.8 Å². The molecule has 0 spiro atoms. The second kappa shape index (κ2) is 7.40. The Morgan fingerprint density at radius 2 is 2.05 bits per heavy atom. The lowest BCUT2D eigenvalue weighted by Crippen LogP contribution is -2.49. The van der Waals surface area contributed by atoms with Crippen LogP contribution in [0.5, 0.6) is 11.5 Å². The zero-order valence-electron chi connectivity index (χ0n) is 12.1. The first kappa shape index (κ1) is 16.5. The van der Waals surface area contributed by atoms with Crippen LogP contribution in [0.25, 0.3) is 0 Å². The van der Waals surface area contributed by atoms with Crippen LogP contribution in [0.2, 0.25) is 0 Å². The maximum atomic E-state index is 13.5. The molecule has 0 radical (unpaired) electrons.